The van der Waals surface area contributed by atoms with Gasteiger partial charge in [-0.25, -0.2) is 9.97 Å². The van der Waals surface area contributed by atoms with Crippen LogP contribution in [-0.4, -0.2) is 34.3 Å². The topological polar surface area (TPSA) is 49.2 Å². The zero-order valence-corrected chi connectivity index (χ0v) is 14.0. The summed E-state index contributed by atoms with van der Waals surface area (Å²) in [6.45, 7) is 1.54. The second kappa shape index (κ2) is 6.07. The summed E-state index contributed by atoms with van der Waals surface area (Å²) in [7, 11) is 0. The van der Waals surface area contributed by atoms with E-state index in [1.165, 1.54) is 0 Å². The van der Waals surface area contributed by atoms with Crippen LogP contribution in [0.3, 0.4) is 0 Å². The maximum Gasteiger partial charge on any atom is 0.141 e. The van der Waals surface area contributed by atoms with Crippen LogP contribution in [0.25, 0.3) is 21.3 Å². The second-order valence-corrected chi connectivity index (χ2v) is 7.07. The Balaban J connectivity index is 1.85. The van der Waals surface area contributed by atoms with E-state index in [9.17, 15) is 5.11 Å². The molecule has 6 heteroatoms. The minimum absolute atomic E-state index is 0.286. The minimum atomic E-state index is -0.286. The van der Waals surface area contributed by atoms with Crippen LogP contribution < -0.4 is 4.90 Å². The molecule has 4 rings (SSSR count). The molecule has 0 spiro atoms. The fraction of sp³-hybridized carbons (Fsp3) is 0.294. The predicted octanol–water partition coefficient (Wildman–Crippen LogP) is 3.97. The van der Waals surface area contributed by atoms with Gasteiger partial charge in [0.2, 0.25) is 0 Å². The molecule has 1 aliphatic heterocycles. The number of rotatable bonds is 2. The lowest BCUT2D eigenvalue weighted by atomic mass is 10.0. The van der Waals surface area contributed by atoms with E-state index in [0.717, 1.165) is 51.6 Å². The van der Waals surface area contributed by atoms with Gasteiger partial charge < -0.3 is 10.0 Å². The van der Waals surface area contributed by atoms with Gasteiger partial charge in [-0.3, -0.25) is 0 Å². The monoisotopic (exact) mass is 345 g/mol. The smallest absolute Gasteiger partial charge is 0.141 e. The SMILES string of the molecule is O[C@H]1CCCN(c2ncnc3scc(-c4ccc(Cl)cc4)c23)C1. The first-order valence-corrected chi connectivity index (χ1v) is 8.89. The Kier molecular flexibility index (Phi) is 3.93. The molecular weight excluding hydrogens is 330 g/mol. The molecule has 1 aliphatic rings. The Morgan fingerprint density at radius 3 is 2.83 bits per heavy atom. The summed E-state index contributed by atoms with van der Waals surface area (Å²) in [5.74, 6) is 0.917. The molecule has 2 aromatic heterocycles. The van der Waals surface area contributed by atoms with Gasteiger partial charge in [0.05, 0.1) is 11.5 Å². The first-order chi connectivity index (χ1) is 11.2. The number of halogens is 1. The van der Waals surface area contributed by atoms with Crippen molar-refractivity contribution in [2.24, 2.45) is 0 Å². The molecule has 0 amide bonds. The van der Waals surface area contributed by atoms with Gasteiger partial charge in [-0.05, 0) is 30.5 Å². The highest BCUT2D eigenvalue weighted by Gasteiger charge is 2.23. The van der Waals surface area contributed by atoms with Crippen LogP contribution in [-0.2, 0) is 0 Å². The highest BCUT2D eigenvalue weighted by molar-refractivity contribution is 7.17. The van der Waals surface area contributed by atoms with Crippen molar-refractivity contribution >= 4 is 39.0 Å². The number of benzene rings is 1. The summed E-state index contributed by atoms with van der Waals surface area (Å²) in [5.41, 5.74) is 2.23. The number of nitrogens with zero attached hydrogens (tertiary/aromatic N) is 3. The van der Waals surface area contributed by atoms with E-state index in [1.54, 1.807) is 17.7 Å². The van der Waals surface area contributed by atoms with Crippen LogP contribution in [0.5, 0.6) is 0 Å². The van der Waals surface area contributed by atoms with Crippen LogP contribution in [0.4, 0.5) is 5.82 Å². The van der Waals surface area contributed by atoms with Gasteiger partial charge in [-0.1, -0.05) is 23.7 Å². The van der Waals surface area contributed by atoms with Crippen LogP contribution in [0.15, 0.2) is 36.0 Å². The molecule has 118 valence electrons. The molecule has 3 aromatic rings. The van der Waals surface area contributed by atoms with Crippen molar-refractivity contribution < 1.29 is 5.11 Å². The highest BCUT2D eigenvalue weighted by Crippen LogP contribution is 2.38. The van der Waals surface area contributed by atoms with Gasteiger partial charge in [0.1, 0.15) is 17.0 Å². The van der Waals surface area contributed by atoms with Crippen molar-refractivity contribution in [2.75, 3.05) is 18.0 Å². The van der Waals surface area contributed by atoms with Crippen molar-refractivity contribution in [2.45, 2.75) is 18.9 Å². The number of hydrogen-bond acceptors (Lipinski definition) is 5. The molecular formula is C17H16ClN3OS. The van der Waals surface area contributed by atoms with Crippen LogP contribution >= 0.6 is 22.9 Å². The van der Waals surface area contributed by atoms with Crippen molar-refractivity contribution in [3.63, 3.8) is 0 Å². The van der Waals surface area contributed by atoms with Gasteiger partial charge in [0, 0.05) is 29.1 Å². The lowest BCUT2D eigenvalue weighted by Crippen LogP contribution is -2.38. The van der Waals surface area contributed by atoms with E-state index in [4.69, 9.17) is 11.6 Å². The second-order valence-electron chi connectivity index (χ2n) is 5.78. The maximum atomic E-state index is 9.98. The maximum absolute atomic E-state index is 9.98. The van der Waals surface area contributed by atoms with Crippen molar-refractivity contribution in [1.82, 2.24) is 9.97 Å². The molecule has 4 nitrogen and oxygen atoms in total. The summed E-state index contributed by atoms with van der Waals surface area (Å²) in [5, 5.41) is 13.9. The van der Waals surface area contributed by atoms with Crippen LogP contribution in [0, 0.1) is 0 Å². The number of hydrogen-bond donors (Lipinski definition) is 1. The number of aliphatic hydroxyl groups excluding tert-OH is 1. The van der Waals surface area contributed by atoms with Crippen LogP contribution in [0.2, 0.25) is 5.02 Å². The zero-order chi connectivity index (χ0) is 15.8. The molecule has 0 bridgehead atoms. The molecule has 1 fully saturated rings. The standard InChI is InChI=1S/C17H16ClN3OS/c18-12-5-3-11(4-6-12)14-9-23-17-15(14)16(19-10-20-17)21-7-1-2-13(22)8-21/h3-6,9-10,13,22H,1-2,7-8H2/t13-/m0/s1. The van der Waals surface area contributed by atoms with Gasteiger partial charge in [0.15, 0.2) is 0 Å². The molecule has 23 heavy (non-hydrogen) atoms. The zero-order valence-electron chi connectivity index (χ0n) is 12.4. The molecule has 0 aliphatic carbocycles. The fourth-order valence-corrected chi connectivity index (χ4v) is 4.12. The average Bonchev–Trinajstić information content (AvgIpc) is 3.00. The molecule has 0 saturated carbocycles. The Morgan fingerprint density at radius 2 is 2.04 bits per heavy atom. The van der Waals surface area contributed by atoms with Crippen LogP contribution in [0.1, 0.15) is 12.8 Å². The first-order valence-electron chi connectivity index (χ1n) is 7.63. The summed E-state index contributed by atoms with van der Waals surface area (Å²) >= 11 is 7.62. The van der Waals surface area contributed by atoms with Crippen molar-refractivity contribution in [1.29, 1.82) is 0 Å². The van der Waals surface area contributed by atoms with E-state index >= 15 is 0 Å². The van der Waals surface area contributed by atoms with Gasteiger partial charge >= 0.3 is 0 Å². The van der Waals surface area contributed by atoms with E-state index in [-0.39, 0.29) is 6.10 Å². The molecule has 1 N–H and O–H groups in total. The van der Waals surface area contributed by atoms with Crippen molar-refractivity contribution in [3.8, 4) is 11.1 Å². The number of aliphatic hydroxyl groups is 1. The third-order valence-corrected chi connectivity index (χ3v) is 5.34. The third kappa shape index (κ3) is 2.80. The molecule has 1 aromatic carbocycles. The summed E-state index contributed by atoms with van der Waals surface area (Å²) in [6, 6.07) is 7.83. The lowest BCUT2D eigenvalue weighted by Gasteiger charge is -2.31. The predicted molar refractivity (Wildman–Crippen MR) is 95.3 cm³/mol. The van der Waals surface area contributed by atoms with E-state index in [2.05, 4.69) is 20.2 Å². The summed E-state index contributed by atoms with van der Waals surface area (Å²) in [6.07, 6.45) is 3.16. The lowest BCUT2D eigenvalue weighted by molar-refractivity contribution is 0.154. The quantitative estimate of drug-likeness (QED) is 0.763. The number of anilines is 1. The Bertz CT molecular complexity index is 833. The molecule has 0 radical (unpaired) electrons. The van der Waals surface area contributed by atoms with Gasteiger partial charge in [0.25, 0.3) is 0 Å². The number of β-amino-alcohol motifs (C(OH)–C–C–N with tert-alkyl or cyclic N) is 1. The average molecular weight is 346 g/mol. The largest absolute Gasteiger partial charge is 0.391 e. The highest BCUT2D eigenvalue weighted by atomic mass is 35.5. The number of piperidine rings is 1. The first kappa shape index (κ1) is 14.9. The number of thiophene rings is 1. The summed E-state index contributed by atoms with van der Waals surface area (Å²) < 4.78 is 0. The normalized spacial score (nSPS) is 18.5. The number of aromatic nitrogens is 2. The van der Waals surface area contributed by atoms with Crippen molar-refractivity contribution in [3.05, 3.63) is 41.0 Å². The molecule has 1 atom stereocenters. The Hall–Kier alpha value is -1.69. The molecule has 1 saturated heterocycles. The van der Waals surface area contributed by atoms with Gasteiger partial charge in [-0.15, -0.1) is 11.3 Å². The summed E-state index contributed by atoms with van der Waals surface area (Å²) in [4.78, 5) is 12.1. The van der Waals surface area contributed by atoms with Gasteiger partial charge in [-0.2, -0.15) is 0 Å². The fourth-order valence-electron chi connectivity index (χ4n) is 3.09. The number of fused-ring (bicyclic) bond motifs is 1. The molecule has 3 heterocycles. The Labute approximate surface area is 143 Å². The molecule has 0 unspecified atom stereocenters. The minimum Gasteiger partial charge on any atom is -0.391 e. The van der Waals surface area contributed by atoms with E-state index in [0.29, 0.717) is 6.54 Å². The van der Waals surface area contributed by atoms with E-state index < -0.39 is 0 Å². The third-order valence-electron chi connectivity index (χ3n) is 4.20. The Morgan fingerprint density at radius 1 is 1.22 bits per heavy atom. The van der Waals surface area contributed by atoms with E-state index in [1.807, 2.05) is 24.3 Å².